The summed E-state index contributed by atoms with van der Waals surface area (Å²) in [5, 5.41) is 5.80. The van der Waals surface area contributed by atoms with Crippen molar-refractivity contribution >= 4 is 17.7 Å². The van der Waals surface area contributed by atoms with Crippen LogP contribution in [0.5, 0.6) is 5.75 Å². The Kier molecular flexibility index (Phi) is 9.18. The van der Waals surface area contributed by atoms with Gasteiger partial charge in [0.15, 0.2) is 0 Å². The highest BCUT2D eigenvalue weighted by molar-refractivity contribution is 5.98. The molecule has 2 atom stereocenters. The molecule has 0 spiro atoms. The summed E-state index contributed by atoms with van der Waals surface area (Å²) >= 11 is 0. The Hall–Kier alpha value is -3.56. The molecule has 200 valence electrons. The van der Waals surface area contributed by atoms with E-state index in [0.29, 0.717) is 37.2 Å². The van der Waals surface area contributed by atoms with Crippen LogP contribution >= 0.6 is 0 Å². The molecule has 3 amide bonds. The lowest BCUT2D eigenvalue weighted by Gasteiger charge is -2.36. The molecule has 37 heavy (non-hydrogen) atoms. The molecule has 0 unspecified atom stereocenters. The Labute approximate surface area is 214 Å². The van der Waals surface area contributed by atoms with E-state index in [4.69, 9.17) is 4.74 Å². The number of benzene rings is 2. The smallest absolute Gasteiger partial charge is 0.416 e. The molecule has 0 aromatic heterocycles. The largest absolute Gasteiger partial charge is 0.497 e. The van der Waals surface area contributed by atoms with E-state index in [1.807, 2.05) is 13.8 Å². The zero-order valence-electron chi connectivity index (χ0n) is 21.1. The molecule has 10 heteroatoms. The maximum Gasteiger partial charge on any atom is 0.416 e. The molecule has 0 radical (unpaired) electrons. The number of alkyl halides is 3. The number of hydrogen-bond acceptors (Lipinski definition) is 4. The lowest BCUT2D eigenvalue weighted by Crippen LogP contribution is -2.55. The number of rotatable bonds is 8. The molecule has 1 aliphatic heterocycles. The molecule has 0 aliphatic carbocycles. The van der Waals surface area contributed by atoms with Crippen LogP contribution in [0, 0.1) is 5.92 Å². The van der Waals surface area contributed by atoms with Crippen molar-refractivity contribution in [3.05, 3.63) is 65.2 Å². The van der Waals surface area contributed by atoms with Gasteiger partial charge in [-0.2, -0.15) is 13.2 Å². The Balaban J connectivity index is 1.68. The van der Waals surface area contributed by atoms with Crippen LogP contribution in [0.2, 0.25) is 0 Å². The van der Waals surface area contributed by atoms with Crippen LogP contribution in [0.1, 0.15) is 59.4 Å². The minimum absolute atomic E-state index is 0.0748. The fraction of sp³-hybridized carbons (Fsp3) is 0.444. The second kappa shape index (κ2) is 12.1. The fourth-order valence-electron chi connectivity index (χ4n) is 4.22. The van der Waals surface area contributed by atoms with E-state index in [2.05, 4.69) is 10.6 Å². The van der Waals surface area contributed by atoms with Gasteiger partial charge in [0.05, 0.1) is 12.7 Å². The Morgan fingerprint density at radius 1 is 0.973 bits per heavy atom. The van der Waals surface area contributed by atoms with Crippen LogP contribution in [-0.2, 0) is 11.0 Å². The van der Waals surface area contributed by atoms with Crippen LogP contribution in [0.25, 0.3) is 0 Å². The average Bonchev–Trinajstić information content (AvgIpc) is 2.90. The van der Waals surface area contributed by atoms with E-state index >= 15 is 0 Å². The third-order valence-corrected chi connectivity index (χ3v) is 6.68. The molecular formula is C27H32F3N3O4. The highest BCUT2D eigenvalue weighted by atomic mass is 19.4. The number of carbonyl (C=O) groups is 3. The van der Waals surface area contributed by atoms with Gasteiger partial charge in [0, 0.05) is 30.3 Å². The summed E-state index contributed by atoms with van der Waals surface area (Å²) in [5.41, 5.74) is -0.257. The summed E-state index contributed by atoms with van der Waals surface area (Å²) in [6, 6.07) is 9.81. The van der Waals surface area contributed by atoms with Gasteiger partial charge < -0.3 is 20.3 Å². The maximum absolute atomic E-state index is 13.1. The van der Waals surface area contributed by atoms with Crippen LogP contribution in [-0.4, -0.2) is 54.9 Å². The lowest BCUT2D eigenvalue weighted by atomic mass is 9.88. The van der Waals surface area contributed by atoms with Crippen LogP contribution in [0.3, 0.4) is 0 Å². The number of carbonyl (C=O) groups excluding carboxylic acids is 3. The van der Waals surface area contributed by atoms with Gasteiger partial charge in [-0.15, -0.1) is 0 Å². The monoisotopic (exact) mass is 519 g/mol. The second-order valence-electron chi connectivity index (χ2n) is 9.20. The lowest BCUT2D eigenvalue weighted by molar-refractivity contribution is -0.137. The number of ether oxygens (including phenoxy) is 1. The quantitative estimate of drug-likeness (QED) is 0.545. The zero-order valence-corrected chi connectivity index (χ0v) is 21.1. The molecule has 7 nitrogen and oxygen atoms in total. The standard InChI is InChI=1S/C27H32F3N3O4/c1-4-17(2)31-25(35)23(32-24(34)19-7-11-22(37-3)12-8-19)18-13-15-33(16-14-18)26(36)20-5-9-21(10-6-20)27(28,29)30/h5-12,17-18,23H,4,13-16H2,1-3H3,(H,31,35)(H,32,34)/t17-,23+/m0/s1. The minimum atomic E-state index is -4.47. The highest BCUT2D eigenvalue weighted by Crippen LogP contribution is 2.30. The zero-order chi connectivity index (χ0) is 27.2. The molecule has 1 aliphatic rings. The van der Waals surface area contributed by atoms with Gasteiger partial charge in [0.25, 0.3) is 11.8 Å². The number of amides is 3. The SMILES string of the molecule is CC[C@H](C)NC(=O)[C@H](NC(=O)c1ccc(OC)cc1)C1CCN(C(=O)c2ccc(C(F)(F)F)cc2)CC1. The molecule has 0 saturated carbocycles. The topological polar surface area (TPSA) is 87.7 Å². The summed E-state index contributed by atoms with van der Waals surface area (Å²) in [4.78, 5) is 40.5. The summed E-state index contributed by atoms with van der Waals surface area (Å²) in [6.45, 7) is 4.46. The van der Waals surface area contributed by atoms with Gasteiger partial charge >= 0.3 is 6.18 Å². The molecule has 3 rings (SSSR count). The van der Waals surface area contributed by atoms with Crippen LogP contribution in [0.4, 0.5) is 13.2 Å². The molecule has 2 aromatic rings. The van der Waals surface area contributed by atoms with Gasteiger partial charge in [-0.1, -0.05) is 6.92 Å². The third kappa shape index (κ3) is 7.24. The van der Waals surface area contributed by atoms with Crippen molar-refractivity contribution in [1.82, 2.24) is 15.5 Å². The van der Waals surface area contributed by atoms with Crippen molar-refractivity contribution in [1.29, 1.82) is 0 Å². The van der Waals surface area contributed by atoms with Crippen LogP contribution < -0.4 is 15.4 Å². The molecule has 2 aromatic carbocycles. The molecule has 2 N–H and O–H groups in total. The van der Waals surface area contributed by atoms with Gasteiger partial charge in [0.2, 0.25) is 5.91 Å². The summed E-state index contributed by atoms with van der Waals surface area (Å²) < 4.78 is 43.6. The first kappa shape index (κ1) is 28.0. The third-order valence-electron chi connectivity index (χ3n) is 6.68. The first-order chi connectivity index (χ1) is 17.5. The molecule has 0 bridgehead atoms. The van der Waals surface area contributed by atoms with Gasteiger partial charge in [0.1, 0.15) is 11.8 Å². The number of hydrogen-bond donors (Lipinski definition) is 2. The first-order valence-electron chi connectivity index (χ1n) is 12.2. The van der Waals surface area contributed by atoms with Gasteiger partial charge in [-0.25, -0.2) is 0 Å². The minimum Gasteiger partial charge on any atom is -0.497 e. The molecule has 1 heterocycles. The normalized spacial score (nSPS) is 16.0. The first-order valence-corrected chi connectivity index (χ1v) is 12.2. The Morgan fingerprint density at radius 3 is 2.05 bits per heavy atom. The number of methoxy groups -OCH3 is 1. The predicted molar refractivity (Wildman–Crippen MR) is 132 cm³/mol. The van der Waals surface area contributed by atoms with E-state index in [0.717, 1.165) is 18.6 Å². The van der Waals surface area contributed by atoms with Crippen molar-refractivity contribution in [3.63, 3.8) is 0 Å². The number of likely N-dealkylation sites (tertiary alicyclic amines) is 1. The van der Waals surface area contributed by atoms with E-state index < -0.39 is 23.7 Å². The van der Waals surface area contributed by atoms with Crippen molar-refractivity contribution < 1.29 is 32.3 Å². The van der Waals surface area contributed by atoms with Crippen molar-refractivity contribution in [2.45, 2.75) is 51.4 Å². The van der Waals surface area contributed by atoms with Crippen LogP contribution in [0.15, 0.2) is 48.5 Å². The van der Waals surface area contributed by atoms with Crippen molar-refractivity contribution in [2.75, 3.05) is 20.2 Å². The number of nitrogens with zero attached hydrogens (tertiary/aromatic N) is 1. The molecule has 1 fully saturated rings. The Bertz CT molecular complexity index is 1080. The Morgan fingerprint density at radius 2 is 1.54 bits per heavy atom. The summed E-state index contributed by atoms with van der Waals surface area (Å²) in [7, 11) is 1.53. The van der Waals surface area contributed by atoms with Crippen molar-refractivity contribution in [3.8, 4) is 5.75 Å². The average molecular weight is 520 g/mol. The van der Waals surface area contributed by atoms with Gasteiger partial charge in [-0.3, -0.25) is 14.4 Å². The number of halogens is 3. The summed E-state index contributed by atoms with van der Waals surface area (Å²) in [5.74, 6) is -0.662. The fourth-order valence-corrected chi connectivity index (χ4v) is 4.22. The van der Waals surface area contributed by atoms with Crippen molar-refractivity contribution in [2.24, 2.45) is 5.92 Å². The van der Waals surface area contributed by atoms with E-state index in [1.165, 1.54) is 19.2 Å². The van der Waals surface area contributed by atoms with E-state index in [-0.39, 0.29) is 29.3 Å². The highest BCUT2D eigenvalue weighted by Gasteiger charge is 2.35. The molecular weight excluding hydrogens is 487 g/mol. The van der Waals surface area contributed by atoms with E-state index in [1.54, 1.807) is 29.2 Å². The maximum atomic E-state index is 13.1. The molecule has 1 saturated heterocycles. The predicted octanol–water partition coefficient (Wildman–Crippen LogP) is 4.28. The summed E-state index contributed by atoms with van der Waals surface area (Å²) in [6.07, 6.45) is -2.84. The van der Waals surface area contributed by atoms with E-state index in [9.17, 15) is 27.6 Å². The number of nitrogens with one attached hydrogen (secondary N) is 2. The van der Waals surface area contributed by atoms with Gasteiger partial charge in [-0.05, 0) is 80.6 Å². The second-order valence-corrected chi connectivity index (χ2v) is 9.20. The number of piperidine rings is 1.